The van der Waals surface area contributed by atoms with Gasteiger partial charge in [-0.2, -0.15) is 0 Å². The number of imide groups is 3. The average molecular weight is 1170 g/mol. The van der Waals surface area contributed by atoms with Gasteiger partial charge in [0.05, 0.1) is 21.0 Å². The average Bonchev–Trinajstić information content (AvgIpc) is 1.35. The summed E-state index contributed by atoms with van der Waals surface area (Å²) in [4.78, 5) is 159. The quantitative estimate of drug-likeness (QED) is 0.0200. The van der Waals surface area contributed by atoms with Crippen LogP contribution in [0.2, 0.25) is 0 Å². The number of benzene rings is 6. The Balaban J connectivity index is 0.808. The van der Waals surface area contributed by atoms with E-state index in [0.29, 0.717) is 46.7 Å². The van der Waals surface area contributed by atoms with E-state index in [1.807, 2.05) is 0 Å². The number of hydrogen-bond donors (Lipinski definition) is 4. The highest BCUT2D eigenvalue weighted by Crippen LogP contribution is 2.35. The molecule has 0 saturated heterocycles. The van der Waals surface area contributed by atoms with Gasteiger partial charge in [-0.1, -0.05) is 73.2 Å². The Kier molecular flexibility index (Phi) is 18.7. The van der Waals surface area contributed by atoms with E-state index in [1.54, 1.807) is 84.9 Å². The van der Waals surface area contributed by atoms with Gasteiger partial charge >= 0.3 is 6.09 Å². The first-order valence-corrected chi connectivity index (χ1v) is 27.7. The highest BCUT2D eigenvalue weighted by molar-refractivity contribution is 6.27. The van der Waals surface area contributed by atoms with Crippen molar-refractivity contribution < 1.29 is 62.5 Å². The standard InChI is InChI=1S/C61H58N10O15/c1-37(63-50(72)17-6-3-7-27-67-51(73)22-23-52(67)74)55(75)65-49(31-38-11-4-2-5-12-38)56(76)64-42-20-18-39(19-21-42)36-86-61(81)66(29-30-69-58(78)46-16-9-14-41-33-44(71(84)85)35-48(54(41)46)60(69)80)26-10-24-62-25-28-68-57(77)45-15-8-13-40-32-43(70(82)83)34-47(53(40)45)59(68)79/h2,4-5,8-9,11-16,18-23,32-35,37,49,62H,3,6-7,10,17,24-31,36H2,1H3,(H,63,72)(H,64,76)(H,65,75)/t37-,49-/m0/s1. The molecule has 6 aromatic carbocycles. The lowest BCUT2D eigenvalue weighted by molar-refractivity contribution is -0.384. The summed E-state index contributed by atoms with van der Waals surface area (Å²) in [6.07, 6.45) is 3.56. The molecule has 0 saturated carbocycles. The number of carbonyl (C=O) groups is 10. The summed E-state index contributed by atoms with van der Waals surface area (Å²) in [6.45, 7) is 1.15. The summed E-state index contributed by atoms with van der Waals surface area (Å²) in [6, 6.07) is 27.4. The lowest BCUT2D eigenvalue weighted by Gasteiger charge is -2.30. The molecule has 442 valence electrons. The lowest BCUT2D eigenvalue weighted by Crippen LogP contribution is -2.52. The van der Waals surface area contributed by atoms with Crippen molar-refractivity contribution in [2.24, 2.45) is 0 Å². The zero-order valence-corrected chi connectivity index (χ0v) is 46.5. The molecule has 3 aliphatic heterocycles. The number of non-ortho nitro benzene ring substituents is 2. The van der Waals surface area contributed by atoms with Crippen LogP contribution in [0, 0.1) is 20.2 Å². The molecule has 0 spiro atoms. The van der Waals surface area contributed by atoms with Crippen molar-refractivity contribution in [3.8, 4) is 0 Å². The number of rotatable bonds is 27. The first-order chi connectivity index (χ1) is 41.4. The predicted octanol–water partition coefficient (Wildman–Crippen LogP) is 5.98. The van der Waals surface area contributed by atoms with Gasteiger partial charge in [0.1, 0.15) is 18.7 Å². The number of nitrogens with one attached hydrogen (secondary N) is 4. The van der Waals surface area contributed by atoms with E-state index < -0.39 is 69.4 Å². The lowest BCUT2D eigenvalue weighted by atomic mass is 9.93. The van der Waals surface area contributed by atoms with Gasteiger partial charge < -0.3 is 30.9 Å². The van der Waals surface area contributed by atoms with Gasteiger partial charge in [0.25, 0.3) is 46.8 Å². The van der Waals surface area contributed by atoms with Crippen LogP contribution < -0.4 is 21.3 Å². The zero-order chi connectivity index (χ0) is 61.2. The molecule has 0 radical (unpaired) electrons. The van der Waals surface area contributed by atoms with Crippen molar-refractivity contribution >= 4 is 97.9 Å². The van der Waals surface area contributed by atoms with Gasteiger partial charge in [-0.3, -0.25) is 78.1 Å². The van der Waals surface area contributed by atoms with E-state index in [4.69, 9.17) is 4.74 Å². The number of carbonyl (C=O) groups excluding carboxylic acids is 10. The fraction of sp³-hybridized carbons (Fsp3) is 0.279. The first kappa shape index (κ1) is 60.0. The monoisotopic (exact) mass is 1170 g/mol. The Morgan fingerprint density at radius 1 is 0.570 bits per heavy atom. The number of hydrogen-bond acceptors (Lipinski definition) is 16. The Morgan fingerprint density at radius 2 is 1.15 bits per heavy atom. The summed E-state index contributed by atoms with van der Waals surface area (Å²) in [5.41, 5.74) is 1.28. The summed E-state index contributed by atoms with van der Waals surface area (Å²) in [5, 5.41) is 36.2. The third-order valence-electron chi connectivity index (χ3n) is 14.8. The molecule has 0 fully saturated rings. The van der Waals surface area contributed by atoms with E-state index >= 15 is 0 Å². The normalized spacial score (nSPS) is 14.2. The number of anilines is 1. The van der Waals surface area contributed by atoms with Crippen LogP contribution in [0.3, 0.4) is 0 Å². The largest absolute Gasteiger partial charge is 0.445 e. The molecule has 3 heterocycles. The summed E-state index contributed by atoms with van der Waals surface area (Å²) < 4.78 is 5.75. The smallest absolute Gasteiger partial charge is 0.410 e. The van der Waals surface area contributed by atoms with E-state index in [-0.39, 0.29) is 123 Å². The molecule has 25 nitrogen and oxygen atoms in total. The number of nitrogens with zero attached hydrogens (tertiary/aromatic N) is 6. The minimum Gasteiger partial charge on any atom is -0.445 e. The molecule has 86 heavy (non-hydrogen) atoms. The zero-order valence-electron chi connectivity index (χ0n) is 46.5. The topological polar surface area (TPSA) is 327 Å². The molecule has 2 atom stereocenters. The van der Waals surface area contributed by atoms with Crippen molar-refractivity contribution in [3.63, 3.8) is 0 Å². The SMILES string of the molecule is C[C@H](NC(=O)CCCCCN1C(=O)C=CC1=O)C(=O)N[C@@H](Cc1ccccc1)C(=O)Nc1ccc(COC(=O)N(CCCNCCN2C(=O)c3cccc4cc([N+](=O)[O-])cc(c34)C2=O)CCN2C(=O)c3cccc4cc([N+](=O)[O-])cc(c34)C2=O)cc1. The molecule has 10 amide bonds. The second-order valence-electron chi connectivity index (χ2n) is 20.7. The van der Waals surface area contributed by atoms with Crippen LogP contribution in [0.1, 0.15) is 91.6 Å². The third kappa shape index (κ3) is 13.7. The minimum absolute atomic E-state index is 0.00419. The molecule has 9 rings (SSSR count). The van der Waals surface area contributed by atoms with Crippen molar-refractivity contribution in [1.82, 2.24) is 35.6 Å². The van der Waals surface area contributed by atoms with Gasteiger partial charge in [-0.25, -0.2) is 4.79 Å². The van der Waals surface area contributed by atoms with Crippen LogP contribution in [0.5, 0.6) is 0 Å². The van der Waals surface area contributed by atoms with Crippen molar-refractivity contribution in [2.75, 3.05) is 51.1 Å². The van der Waals surface area contributed by atoms with Gasteiger partial charge in [0.2, 0.25) is 17.7 Å². The molecule has 0 unspecified atom stereocenters. The molecule has 4 N–H and O–H groups in total. The Bertz CT molecular complexity index is 3760. The van der Waals surface area contributed by atoms with Gasteiger partial charge in [0, 0.05) is 116 Å². The Labute approximate surface area is 490 Å². The summed E-state index contributed by atoms with van der Waals surface area (Å²) >= 11 is 0. The van der Waals surface area contributed by atoms with Gasteiger partial charge in [-0.05, 0) is 78.9 Å². The second kappa shape index (κ2) is 26.8. The van der Waals surface area contributed by atoms with Crippen LogP contribution in [-0.2, 0) is 41.7 Å². The van der Waals surface area contributed by atoms with Crippen LogP contribution in [0.25, 0.3) is 21.5 Å². The van der Waals surface area contributed by atoms with Crippen LogP contribution >= 0.6 is 0 Å². The Morgan fingerprint density at radius 3 is 1.74 bits per heavy atom. The number of amides is 10. The third-order valence-corrected chi connectivity index (χ3v) is 14.8. The van der Waals surface area contributed by atoms with Crippen LogP contribution in [0.4, 0.5) is 21.9 Å². The van der Waals surface area contributed by atoms with Crippen LogP contribution in [-0.4, -0.2) is 147 Å². The van der Waals surface area contributed by atoms with Gasteiger partial charge in [0.15, 0.2) is 0 Å². The van der Waals surface area contributed by atoms with E-state index in [0.717, 1.165) is 32.4 Å². The van der Waals surface area contributed by atoms with E-state index in [2.05, 4.69) is 21.3 Å². The maximum absolute atomic E-state index is 14.0. The molecule has 6 aromatic rings. The number of ether oxygens (including phenoxy) is 1. The maximum Gasteiger partial charge on any atom is 0.410 e. The maximum atomic E-state index is 14.0. The number of nitro benzene ring substituents is 2. The molecule has 0 bridgehead atoms. The fourth-order valence-electron chi connectivity index (χ4n) is 10.4. The highest BCUT2D eigenvalue weighted by atomic mass is 16.6. The number of unbranched alkanes of at least 4 members (excludes halogenated alkanes) is 2. The molecule has 25 heteroatoms. The fourth-order valence-corrected chi connectivity index (χ4v) is 10.4. The van der Waals surface area contributed by atoms with Gasteiger partial charge in [-0.15, -0.1) is 0 Å². The molecular weight excluding hydrogens is 1110 g/mol. The second-order valence-corrected chi connectivity index (χ2v) is 20.7. The summed E-state index contributed by atoms with van der Waals surface area (Å²) in [7, 11) is 0. The predicted molar refractivity (Wildman–Crippen MR) is 310 cm³/mol. The van der Waals surface area contributed by atoms with Crippen molar-refractivity contribution in [2.45, 2.75) is 64.1 Å². The highest BCUT2D eigenvalue weighted by Gasteiger charge is 2.37. The van der Waals surface area contributed by atoms with Crippen LogP contribution in [0.15, 0.2) is 127 Å². The summed E-state index contributed by atoms with van der Waals surface area (Å²) in [5.74, 6) is -5.03. The van der Waals surface area contributed by atoms with E-state index in [9.17, 15) is 68.2 Å². The minimum atomic E-state index is -1.08. The van der Waals surface area contributed by atoms with E-state index in [1.165, 1.54) is 42.2 Å². The van der Waals surface area contributed by atoms with Crippen molar-refractivity contribution in [1.29, 1.82) is 0 Å². The van der Waals surface area contributed by atoms with Crippen molar-refractivity contribution in [3.05, 3.63) is 181 Å². The Hall–Kier alpha value is -10.6. The number of nitro groups is 2. The molecule has 3 aliphatic rings. The molecular formula is C61H58N10O15. The molecule has 0 aromatic heterocycles. The first-order valence-electron chi connectivity index (χ1n) is 27.7. The molecule has 0 aliphatic carbocycles.